The quantitative estimate of drug-likeness (QED) is 0.690. The maximum Gasteiger partial charge on any atom is 0.227 e. The molecule has 0 radical (unpaired) electrons. The van der Waals surface area contributed by atoms with Gasteiger partial charge in [-0.25, -0.2) is 9.97 Å². The average Bonchev–Trinajstić information content (AvgIpc) is 2.58. The van der Waals surface area contributed by atoms with Crippen LogP contribution in [-0.2, 0) is 0 Å². The van der Waals surface area contributed by atoms with E-state index in [2.05, 4.69) is 15.3 Å². The fourth-order valence-electron chi connectivity index (χ4n) is 2.21. The van der Waals surface area contributed by atoms with E-state index in [9.17, 15) is 0 Å². The molecule has 0 saturated heterocycles. The van der Waals surface area contributed by atoms with Crippen LogP contribution in [0.4, 0.5) is 17.3 Å². The summed E-state index contributed by atoms with van der Waals surface area (Å²) in [6.07, 6.45) is 1.71. The van der Waals surface area contributed by atoms with Crippen molar-refractivity contribution in [2.75, 3.05) is 24.3 Å². The first-order valence-corrected chi connectivity index (χ1v) is 8.11. The highest BCUT2D eigenvalue weighted by molar-refractivity contribution is 6.42. The fraction of sp³-hybridized carbons (Fsp3) is 0.111. The van der Waals surface area contributed by atoms with Gasteiger partial charge in [0.2, 0.25) is 5.95 Å². The molecular formula is C18H16Cl2N4. The molecule has 0 fully saturated rings. The topological polar surface area (TPSA) is 41.0 Å². The van der Waals surface area contributed by atoms with Gasteiger partial charge in [-0.3, -0.25) is 0 Å². The number of nitrogens with zero attached hydrogens (tertiary/aromatic N) is 3. The second-order valence-corrected chi connectivity index (χ2v) is 6.28. The van der Waals surface area contributed by atoms with Gasteiger partial charge in [0.1, 0.15) is 0 Å². The van der Waals surface area contributed by atoms with Crippen molar-refractivity contribution >= 4 is 40.5 Å². The summed E-state index contributed by atoms with van der Waals surface area (Å²) >= 11 is 12.0. The fourth-order valence-corrected chi connectivity index (χ4v) is 2.51. The Morgan fingerprint density at radius 2 is 1.67 bits per heavy atom. The van der Waals surface area contributed by atoms with Gasteiger partial charge in [0, 0.05) is 37.2 Å². The zero-order valence-electron chi connectivity index (χ0n) is 13.3. The molecule has 0 atom stereocenters. The lowest BCUT2D eigenvalue weighted by atomic mass is 10.1. The predicted octanol–water partition coefficient (Wildman–Crippen LogP) is 5.26. The van der Waals surface area contributed by atoms with Gasteiger partial charge in [-0.2, -0.15) is 0 Å². The van der Waals surface area contributed by atoms with E-state index in [0.717, 1.165) is 22.6 Å². The van der Waals surface area contributed by atoms with E-state index in [1.807, 2.05) is 55.4 Å². The number of rotatable bonds is 4. The lowest BCUT2D eigenvalue weighted by Crippen LogP contribution is -2.08. The molecule has 1 N–H and O–H groups in total. The third-order valence-electron chi connectivity index (χ3n) is 3.51. The summed E-state index contributed by atoms with van der Waals surface area (Å²) < 4.78 is 0. The first-order chi connectivity index (χ1) is 11.5. The molecule has 1 heterocycles. The number of anilines is 3. The summed E-state index contributed by atoms with van der Waals surface area (Å²) in [5.41, 5.74) is 3.71. The van der Waals surface area contributed by atoms with Crippen LogP contribution in [0.25, 0.3) is 11.3 Å². The van der Waals surface area contributed by atoms with Crippen LogP contribution in [0, 0.1) is 0 Å². The van der Waals surface area contributed by atoms with Crippen molar-refractivity contribution in [2.45, 2.75) is 0 Å². The van der Waals surface area contributed by atoms with Crippen LogP contribution in [0.15, 0.2) is 54.7 Å². The zero-order valence-corrected chi connectivity index (χ0v) is 14.8. The molecule has 6 heteroatoms. The predicted molar refractivity (Wildman–Crippen MR) is 102 cm³/mol. The van der Waals surface area contributed by atoms with E-state index in [1.165, 1.54) is 0 Å². The molecule has 0 aliphatic heterocycles. The van der Waals surface area contributed by atoms with E-state index < -0.39 is 0 Å². The number of aromatic nitrogens is 2. The molecule has 0 spiro atoms. The van der Waals surface area contributed by atoms with E-state index >= 15 is 0 Å². The Hall–Kier alpha value is -2.30. The van der Waals surface area contributed by atoms with Gasteiger partial charge >= 0.3 is 0 Å². The molecule has 1 aromatic heterocycles. The van der Waals surface area contributed by atoms with Crippen LogP contribution in [0.1, 0.15) is 0 Å². The Morgan fingerprint density at radius 3 is 2.33 bits per heavy atom. The second-order valence-electron chi connectivity index (χ2n) is 5.46. The van der Waals surface area contributed by atoms with Crippen LogP contribution in [0.3, 0.4) is 0 Å². The number of benzene rings is 2. The Bertz CT molecular complexity index is 848. The SMILES string of the molecule is CN(C)c1ccc(Nc2nccc(-c3ccc(Cl)c(Cl)c3)n2)cc1. The highest BCUT2D eigenvalue weighted by Gasteiger charge is 2.06. The maximum absolute atomic E-state index is 6.08. The molecule has 3 rings (SSSR count). The first kappa shape index (κ1) is 16.6. The second kappa shape index (κ2) is 7.07. The van der Waals surface area contributed by atoms with Crippen LogP contribution >= 0.6 is 23.2 Å². The van der Waals surface area contributed by atoms with Crippen molar-refractivity contribution in [1.82, 2.24) is 9.97 Å². The largest absolute Gasteiger partial charge is 0.378 e. The highest BCUT2D eigenvalue weighted by atomic mass is 35.5. The van der Waals surface area contributed by atoms with Crippen molar-refractivity contribution in [3.8, 4) is 11.3 Å². The molecule has 0 aliphatic rings. The number of halogens is 2. The maximum atomic E-state index is 6.08. The number of hydrogen-bond donors (Lipinski definition) is 1. The monoisotopic (exact) mass is 358 g/mol. The lowest BCUT2D eigenvalue weighted by Gasteiger charge is -2.13. The lowest BCUT2D eigenvalue weighted by molar-refractivity contribution is 1.13. The normalized spacial score (nSPS) is 10.5. The molecule has 0 unspecified atom stereocenters. The van der Waals surface area contributed by atoms with Gasteiger partial charge in [0.15, 0.2) is 0 Å². The van der Waals surface area contributed by atoms with Crippen molar-refractivity contribution in [2.24, 2.45) is 0 Å². The minimum atomic E-state index is 0.501. The number of hydrogen-bond acceptors (Lipinski definition) is 4. The highest BCUT2D eigenvalue weighted by Crippen LogP contribution is 2.28. The Labute approximate surface area is 151 Å². The Kier molecular flexibility index (Phi) is 4.88. The van der Waals surface area contributed by atoms with Gasteiger partial charge in [-0.15, -0.1) is 0 Å². The van der Waals surface area contributed by atoms with E-state index in [4.69, 9.17) is 23.2 Å². The third-order valence-corrected chi connectivity index (χ3v) is 4.25. The first-order valence-electron chi connectivity index (χ1n) is 7.36. The molecular weight excluding hydrogens is 343 g/mol. The van der Waals surface area contributed by atoms with Crippen molar-refractivity contribution in [1.29, 1.82) is 0 Å². The summed E-state index contributed by atoms with van der Waals surface area (Å²) in [5, 5.41) is 4.23. The third kappa shape index (κ3) is 3.78. The molecule has 0 amide bonds. The minimum absolute atomic E-state index is 0.501. The molecule has 0 bridgehead atoms. The minimum Gasteiger partial charge on any atom is -0.378 e. The molecule has 3 aromatic rings. The van der Waals surface area contributed by atoms with Crippen LogP contribution in [0.2, 0.25) is 10.0 Å². The summed E-state index contributed by atoms with van der Waals surface area (Å²) in [5.74, 6) is 0.524. The van der Waals surface area contributed by atoms with Gasteiger partial charge < -0.3 is 10.2 Å². The summed E-state index contributed by atoms with van der Waals surface area (Å²) in [4.78, 5) is 10.8. The average molecular weight is 359 g/mol. The molecule has 0 aliphatic carbocycles. The Balaban J connectivity index is 1.83. The van der Waals surface area contributed by atoms with Crippen LogP contribution in [-0.4, -0.2) is 24.1 Å². The van der Waals surface area contributed by atoms with Gasteiger partial charge in [-0.1, -0.05) is 29.3 Å². The standard InChI is InChI=1S/C18H16Cl2N4/c1-24(2)14-6-4-13(5-7-14)22-18-21-10-9-17(23-18)12-3-8-15(19)16(20)11-12/h3-11H,1-2H3,(H,21,22,23). The van der Waals surface area contributed by atoms with Crippen LogP contribution in [0.5, 0.6) is 0 Å². The van der Waals surface area contributed by atoms with Gasteiger partial charge in [-0.05, 0) is 42.5 Å². The molecule has 24 heavy (non-hydrogen) atoms. The van der Waals surface area contributed by atoms with Crippen molar-refractivity contribution in [3.63, 3.8) is 0 Å². The Morgan fingerprint density at radius 1 is 0.917 bits per heavy atom. The van der Waals surface area contributed by atoms with E-state index in [1.54, 1.807) is 18.3 Å². The van der Waals surface area contributed by atoms with E-state index in [-0.39, 0.29) is 0 Å². The molecule has 0 saturated carbocycles. The van der Waals surface area contributed by atoms with Crippen molar-refractivity contribution in [3.05, 3.63) is 64.8 Å². The summed E-state index contributed by atoms with van der Waals surface area (Å²) in [7, 11) is 4.01. The zero-order chi connectivity index (χ0) is 17.1. The van der Waals surface area contributed by atoms with Crippen molar-refractivity contribution < 1.29 is 0 Å². The summed E-state index contributed by atoms with van der Waals surface area (Å²) in [6, 6.07) is 15.3. The summed E-state index contributed by atoms with van der Waals surface area (Å²) in [6.45, 7) is 0. The van der Waals surface area contributed by atoms with Crippen LogP contribution < -0.4 is 10.2 Å². The molecule has 2 aromatic carbocycles. The molecule has 4 nitrogen and oxygen atoms in total. The van der Waals surface area contributed by atoms with E-state index in [0.29, 0.717) is 16.0 Å². The smallest absolute Gasteiger partial charge is 0.227 e. The number of nitrogens with one attached hydrogen (secondary N) is 1. The molecule has 122 valence electrons. The van der Waals surface area contributed by atoms with Gasteiger partial charge in [0.25, 0.3) is 0 Å². The van der Waals surface area contributed by atoms with Gasteiger partial charge in [0.05, 0.1) is 15.7 Å².